The molecule has 172 valence electrons. The lowest BCUT2D eigenvalue weighted by atomic mass is 10.1. The first-order chi connectivity index (χ1) is 15.7. The van der Waals surface area contributed by atoms with E-state index in [1.807, 2.05) is 30.3 Å². The molecule has 7 nitrogen and oxygen atoms in total. The highest BCUT2D eigenvalue weighted by molar-refractivity contribution is 7.89. The monoisotopic (exact) mass is 466 g/mol. The minimum absolute atomic E-state index is 0.0326. The molecule has 0 bridgehead atoms. The summed E-state index contributed by atoms with van der Waals surface area (Å²) in [6.45, 7) is 3.18. The van der Waals surface area contributed by atoms with Gasteiger partial charge in [-0.25, -0.2) is 8.42 Å². The van der Waals surface area contributed by atoms with E-state index in [0.717, 1.165) is 5.56 Å². The molecule has 0 radical (unpaired) electrons. The lowest BCUT2D eigenvalue weighted by Crippen LogP contribution is -2.45. The molecule has 0 saturated heterocycles. The number of aryl methyl sites for hydroxylation is 1. The molecule has 2 N–H and O–H groups in total. The number of carbonyl (C=O) groups is 2. The summed E-state index contributed by atoms with van der Waals surface area (Å²) in [5.74, 6) is -0.103. The molecular weight excluding hydrogens is 440 g/mol. The number of rotatable bonds is 9. The largest absolute Gasteiger partial charge is 0.496 e. The Morgan fingerprint density at radius 3 is 2.33 bits per heavy atom. The summed E-state index contributed by atoms with van der Waals surface area (Å²) in [5, 5.41) is 2.72. The average molecular weight is 467 g/mol. The van der Waals surface area contributed by atoms with Gasteiger partial charge >= 0.3 is 0 Å². The van der Waals surface area contributed by atoms with Crippen LogP contribution < -0.4 is 14.8 Å². The van der Waals surface area contributed by atoms with Gasteiger partial charge in [0.25, 0.3) is 0 Å². The number of methoxy groups -OCH3 is 1. The number of hydrogen-bond acceptors (Lipinski definition) is 5. The second kappa shape index (κ2) is 10.4. The molecule has 0 unspecified atom stereocenters. The minimum Gasteiger partial charge on any atom is -0.496 e. The maximum absolute atomic E-state index is 13.1. The van der Waals surface area contributed by atoms with Crippen molar-refractivity contribution in [2.24, 2.45) is 0 Å². The Morgan fingerprint density at radius 1 is 0.970 bits per heavy atom. The van der Waals surface area contributed by atoms with Gasteiger partial charge in [0.05, 0.1) is 12.0 Å². The quantitative estimate of drug-likeness (QED) is 0.468. The standard InChI is InChI=1S/C25H26N2O5S/c1-17-14-22(12-13-24(17)32-3)33(30,31)27-23(15-19-8-5-4-6-9-19)25(29)26-21-11-7-10-20(16-21)18(2)28/h4-14,16,23,27H,15H2,1-3H3,(H,26,29)/t23-/m1/s1. The third-order valence-corrected chi connectivity index (χ3v) is 6.58. The summed E-state index contributed by atoms with van der Waals surface area (Å²) in [5.41, 5.74) is 2.31. The van der Waals surface area contributed by atoms with Crippen LogP contribution >= 0.6 is 0 Å². The highest BCUT2D eigenvalue weighted by atomic mass is 32.2. The molecule has 0 aromatic heterocycles. The lowest BCUT2D eigenvalue weighted by molar-refractivity contribution is -0.117. The van der Waals surface area contributed by atoms with E-state index in [2.05, 4.69) is 10.0 Å². The van der Waals surface area contributed by atoms with Gasteiger partial charge in [0.1, 0.15) is 11.8 Å². The van der Waals surface area contributed by atoms with Gasteiger partial charge in [-0.2, -0.15) is 4.72 Å². The number of carbonyl (C=O) groups excluding carboxylic acids is 2. The molecule has 33 heavy (non-hydrogen) atoms. The summed E-state index contributed by atoms with van der Waals surface area (Å²) in [4.78, 5) is 24.8. The SMILES string of the molecule is COc1ccc(S(=O)(=O)N[C@H](Cc2ccccc2)C(=O)Nc2cccc(C(C)=O)c2)cc1C. The van der Waals surface area contributed by atoms with E-state index in [1.165, 1.54) is 26.2 Å². The van der Waals surface area contributed by atoms with Gasteiger partial charge in [0, 0.05) is 11.3 Å². The summed E-state index contributed by atoms with van der Waals surface area (Å²) in [7, 11) is -2.50. The Kier molecular flexibility index (Phi) is 7.63. The van der Waals surface area contributed by atoms with E-state index in [1.54, 1.807) is 37.3 Å². The van der Waals surface area contributed by atoms with Crippen molar-refractivity contribution >= 4 is 27.4 Å². The second-order valence-electron chi connectivity index (χ2n) is 7.62. The molecule has 3 rings (SSSR count). The van der Waals surface area contributed by atoms with E-state index >= 15 is 0 Å². The molecule has 8 heteroatoms. The molecule has 0 heterocycles. The highest BCUT2D eigenvalue weighted by Crippen LogP contribution is 2.22. The molecular formula is C25H26N2O5S. The summed E-state index contributed by atoms with van der Waals surface area (Å²) in [6, 6.07) is 19.1. The molecule has 0 spiro atoms. The van der Waals surface area contributed by atoms with Gasteiger partial charge < -0.3 is 10.1 Å². The Bertz CT molecular complexity index is 1260. The molecule has 0 aliphatic heterocycles. The number of benzene rings is 3. The zero-order valence-corrected chi connectivity index (χ0v) is 19.5. The first-order valence-corrected chi connectivity index (χ1v) is 11.8. The average Bonchev–Trinajstić information content (AvgIpc) is 2.79. The maximum atomic E-state index is 13.1. The van der Waals surface area contributed by atoms with Crippen LogP contribution in [-0.2, 0) is 21.2 Å². The number of sulfonamides is 1. The van der Waals surface area contributed by atoms with Crippen LogP contribution in [0.2, 0.25) is 0 Å². The smallest absolute Gasteiger partial charge is 0.242 e. The normalized spacial score (nSPS) is 12.1. The maximum Gasteiger partial charge on any atom is 0.242 e. The van der Waals surface area contributed by atoms with Crippen LogP contribution in [0.5, 0.6) is 5.75 Å². The number of nitrogens with one attached hydrogen (secondary N) is 2. The fourth-order valence-corrected chi connectivity index (χ4v) is 4.64. The number of amides is 1. The number of anilines is 1. The molecule has 3 aromatic carbocycles. The predicted octanol–water partition coefficient (Wildman–Crippen LogP) is 3.73. The van der Waals surface area contributed by atoms with Gasteiger partial charge in [-0.15, -0.1) is 0 Å². The van der Waals surface area contributed by atoms with Crippen LogP contribution in [0.3, 0.4) is 0 Å². The number of Topliss-reactive ketones (excluding diaryl/α,β-unsaturated/α-hetero) is 1. The van der Waals surface area contributed by atoms with Crippen LogP contribution in [0, 0.1) is 6.92 Å². The van der Waals surface area contributed by atoms with Gasteiger partial charge in [0.2, 0.25) is 15.9 Å². The van der Waals surface area contributed by atoms with Crippen molar-refractivity contribution in [2.45, 2.75) is 31.2 Å². The van der Waals surface area contributed by atoms with Crippen molar-refractivity contribution in [3.05, 3.63) is 89.5 Å². The van der Waals surface area contributed by atoms with Crippen molar-refractivity contribution < 1.29 is 22.7 Å². The number of ketones is 1. The molecule has 1 amide bonds. The van der Waals surface area contributed by atoms with Crippen LogP contribution in [0.15, 0.2) is 77.7 Å². The number of hydrogen-bond donors (Lipinski definition) is 2. The Labute approximate surface area is 193 Å². The van der Waals surface area contributed by atoms with Gasteiger partial charge in [0.15, 0.2) is 5.78 Å². The van der Waals surface area contributed by atoms with Crippen LogP contribution in [-0.4, -0.2) is 33.3 Å². The Morgan fingerprint density at radius 2 is 1.70 bits per heavy atom. The Hall–Kier alpha value is -3.49. The lowest BCUT2D eigenvalue weighted by Gasteiger charge is -2.19. The van der Waals surface area contributed by atoms with Crippen LogP contribution in [0.4, 0.5) is 5.69 Å². The number of ether oxygens (including phenoxy) is 1. The molecule has 3 aromatic rings. The predicted molar refractivity (Wildman–Crippen MR) is 127 cm³/mol. The van der Waals surface area contributed by atoms with E-state index in [9.17, 15) is 18.0 Å². The summed E-state index contributed by atoms with van der Waals surface area (Å²) < 4.78 is 33.9. The molecule has 1 atom stereocenters. The summed E-state index contributed by atoms with van der Waals surface area (Å²) >= 11 is 0. The summed E-state index contributed by atoms with van der Waals surface area (Å²) in [6.07, 6.45) is 0.146. The van der Waals surface area contributed by atoms with E-state index in [0.29, 0.717) is 22.6 Å². The van der Waals surface area contributed by atoms with E-state index in [4.69, 9.17) is 4.74 Å². The topological polar surface area (TPSA) is 102 Å². The third-order valence-electron chi connectivity index (χ3n) is 5.11. The zero-order valence-electron chi connectivity index (χ0n) is 18.7. The minimum atomic E-state index is -4.01. The second-order valence-corrected chi connectivity index (χ2v) is 9.34. The molecule has 0 aliphatic rings. The van der Waals surface area contributed by atoms with Crippen molar-refractivity contribution in [2.75, 3.05) is 12.4 Å². The first kappa shape index (κ1) is 24.2. The fraction of sp³-hybridized carbons (Fsp3) is 0.200. The Balaban J connectivity index is 1.89. The fourth-order valence-electron chi connectivity index (χ4n) is 3.36. The van der Waals surface area contributed by atoms with Crippen molar-refractivity contribution in [3.63, 3.8) is 0 Å². The van der Waals surface area contributed by atoms with Crippen LogP contribution in [0.25, 0.3) is 0 Å². The highest BCUT2D eigenvalue weighted by Gasteiger charge is 2.27. The zero-order chi connectivity index (χ0) is 24.0. The van der Waals surface area contributed by atoms with Crippen molar-refractivity contribution in [1.82, 2.24) is 4.72 Å². The molecule has 0 saturated carbocycles. The molecule has 0 fully saturated rings. The van der Waals surface area contributed by atoms with Crippen LogP contribution in [0.1, 0.15) is 28.4 Å². The van der Waals surface area contributed by atoms with Crippen molar-refractivity contribution in [3.8, 4) is 5.75 Å². The third kappa shape index (κ3) is 6.27. The van der Waals surface area contributed by atoms with E-state index < -0.39 is 22.0 Å². The van der Waals surface area contributed by atoms with E-state index in [-0.39, 0.29) is 17.1 Å². The van der Waals surface area contributed by atoms with Gasteiger partial charge in [-0.3, -0.25) is 9.59 Å². The van der Waals surface area contributed by atoms with Crippen molar-refractivity contribution in [1.29, 1.82) is 0 Å². The molecule has 0 aliphatic carbocycles. The van der Waals surface area contributed by atoms with Gasteiger partial charge in [-0.1, -0.05) is 42.5 Å². The first-order valence-electron chi connectivity index (χ1n) is 10.3. The van der Waals surface area contributed by atoms with Gasteiger partial charge in [-0.05, 0) is 61.7 Å².